The molecule has 1 aliphatic heterocycles. The maximum Gasteiger partial charge on any atom is 0.0890 e. The summed E-state index contributed by atoms with van der Waals surface area (Å²) in [6.07, 6.45) is 5.46. The Kier molecular flexibility index (Phi) is 2.76. The highest BCUT2D eigenvalue weighted by Crippen LogP contribution is 2.52. The molecule has 2 heterocycles. The Morgan fingerprint density at radius 1 is 1.47 bits per heavy atom. The van der Waals surface area contributed by atoms with Gasteiger partial charge in [-0.1, -0.05) is 13.8 Å². The first-order valence-corrected chi connectivity index (χ1v) is 7.17. The Morgan fingerprint density at radius 2 is 2.35 bits per heavy atom. The lowest BCUT2D eigenvalue weighted by Gasteiger charge is -2.42. The predicted molar refractivity (Wildman–Crippen MR) is 69.2 cm³/mol. The second kappa shape index (κ2) is 4.04. The molecule has 0 radical (unpaired) electrons. The lowest BCUT2D eigenvalue weighted by atomic mass is 9.84. The highest BCUT2D eigenvalue weighted by molar-refractivity contribution is 7.05. The second-order valence-electron chi connectivity index (χ2n) is 6.06. The first-order chi connectivity index (χ1) is 8.11. The van der Waals surface area contributed by atoms with Gasteiger partial charge in [0.25, 0.3) is 0 Å². The molecular weight excluding hydrogens is 232 g/mol. The second-order valence-corrected chi connectivity index (χ2v) is 6.92. The molecule has 94 valence electrons. The van der Waals surface area contributed by atoms with Gasteiger partial charge in [-0.25, -0.2) is 4.37 Å². The third kappa shape index (κ3) is 2.02. The van der Waals surface area contributed by atoms with Gasteiger partial charge in [0.1, 0.15) is 0 Å². The van der Waals surface area contributed by atoms with Gasteiger partial charge in [0.05, 0.1) is 18.2 Å². The Labute approximate surface area is 107 Å². The molecule has 2 fully saturated rings. The number of hydrogen-bond acceptors (Lipinski definition) is 4. The van der Waals surface area contributed by atoms with E-state index in [4.69, 9.17) is 4.74 Å². The summed E-state index contributed by atoms with van der Waals surface area (Å²) in [6.45, 7) is 6.49. The lowest BCUT2D eigenvalue weighted by Crippen LogP contribution is -2.50. The molecule has 17 heavy (non-hydrogen) atoms. The average molecular weight is 252 g/mol. The zero-order valence-corrected chi connectivity index (χ0v) is 11.3. The molecular formula is C13H20N2OS. The van der Waals surface area contributed by atoms with Crippen LogP contribution in [-0.2, 0) is 4.74 Å². The molecule has 1 N–H and O–H groups in total. The molecule has 0 amide bonds. The van der Waals surface area contributed by atoms with Crippen molar-refractivity contribution < 1.29 is 4.74 Å². The Morgan fingerprint density at radius 3 is 3.00 bits per heavy atom. The molecule has 2 unspecified atom stereocenters. The first kappa shape index (κ1) is 11.6. The van der Waals surface area contributed by atoms with Crippen LogP contribution in [-0.4, -0.2) is 23.1 Å². The monoisotopic (exact) mass is 252 g/mol. The minimum Gasteiger partial charge on any atom is -0.372 e. The summed E-state index contributed by atoms with van der Waals surface area (Å²) in [4.78, 5) is 1.32. The summed E-state index contributed by atoms with van der Waals surface area (Å²) in [5.41, 5.74) is 0.413. The fourth-order valence-corrected chi connectivity index (χ4v) is 4.14. The van der Waals surface area contributed by atoms with Gasteiger partial charge in [0.2, 0.25) is 0 Å². The van der Waals surface area contributed by atoms with E-state index in [-0.39, 0.29) is 5.60 Å². The van der Waals surface area contributed by atoms with E-state index in [9.17, 15) is 0 Å². The highest BCUT2D eigenvalue weighted by atomic mass is 32.1. The molecule has 1 saturated carbocycles. The summed E-state index contributed by atoms with van der Waals surface area (Å²) in [5.74, 6) is 0. The van der Waals surface area contributed by atoms with Gasteiger partial charge in [-0.05, 0) is 42.3 Å². The molecule has 3 nitrogen and oxygen atoms in total. The molecule has 1 aromatic rings. The van der Waals surface area contributed by atoms with Gasteiger partial charge in [-0.15, -0.1) is 0 Å². The Bertz CT molecular complexity index is 390. The van der Waals surface area contributed by atoms with Gasteiger partial charge in [0, 0.05) is 17.6 Å². The number of hydrogen-bond donors (Lipinski definition) is 1. The number of nitrogens with one attached hydrogen (secondary N) is 1. The molecule has 1 spiro atoms. The van der Waals surface area contributed by atoms with Gasteiger partial charge >= 0.3 is 0 Å². The molecule has 1 aromatic heterocycles. The number of rotatable bonds is 1. The largest absolute Gasteiger partial charge is 0.372 e. The molecule has 0 aromatic carbocycles. The topological polar surface area (TPSA) is 34.1 Å². The third-order valence-corrected chi connectivity index (χ3v) is 4.92. The van der Waals surface area contributed by atoms with Crippen molar-refractivity contribution in [2.45, 2.75) is 44.8 Å². The van der Waals surface area contributed by atoms with Crippen LogP contribution in [0.3, 0.4) is 0 Å². The number of aromatic nitrogens is 1. The molecule has 4 heteroatoms. The van der Waals surface area contributed by atoms with Crippen LogP contribution in [0.2, 0.25) is 0 Å². The zero-order chi connectivity index (χ0) is 11.9. The van der Waals surface area contributed by atoms with Crippen LogP contribution in [0.1, 0.15) is 44.0 Å². The molecule has 1 aliphatic carbocycles. The minimum absolute atomic E-state index is 0.00822. The fourth-order valence-electron chi connectivity index (χ4n) is 3.37. The fraction of sp³-hybridized carbons (Fsp3) is 0.769. The number of nitrogens with zero attached hydrogens (tertiary/aromatic N) is 1. The SMILES string of the molecule is CC1(C)CCC2(C1)OCCNC2c1ccns1. The van der Waals surface area contributed by atoms with Crippen molar-refractivity contribution >= 4 is 11.5 Å². The van der Waals surface area contributed by atoms with E-state index in [1.165, 1.54) is 11.3 Å². The van der Waals surface area contributed by atoms with Crippen LogP contribution < -0.4 is 5.32 Å². The third-order valence-electron chi connectivity index (χ3n) is 4.11. The van der Waals surface area contributed by atoms with Crippen LogP contribution in [0.5, 0.6) is 0 Å². The van der Waals surface area contributed by atoms with Crippen molar-refractivity contribution in [1.29, 1.82) is 0 Å². The summed E-state index contributed by atoms with van der Waals surface area (Å²) < 4.78 is 10.4. The molecule has 2 aliphatic rings. The summed E-state index contributed by atoms with van der Waals surface area (Å²) in [5, 5.41) is 3.64. The normalized spacial score (nSPS) is 36.5. The minimum atomic E-state index is 0.00822. The molecule has 2 atom stereocenters. The van der Waals surface area contributed by atoms with Crippen LogP contribution >= 0.6 is 11.5 Å². The number of morpholine rings is 1. The van der Waals surface area contributed by atoms with Crippen molar-refractivity contribution in [3.8, 4) is 0 Å². The van der Waals surface area contributed by atoms with E-state index in [0.717, 1.165) is 26.0 Å². The lowest BCUT2D eigenvalue weighted by molar-refractivity contribution is -0.0978. The van der Waals surface area contributed by atoms with Crippen LogP contribution in [0.4, 0.5) is 0 Å². The number of ether oxygens (including phenoxy) is 1. The summed E-state index contributed by atoms with van der Waals surface area (Å²) >= 11 is 1.60. The van der Waals surface area contributed by atoms with E-state index in [2.05, 4.69) is 29.6 Å². The van der Waals surface area contributed by atoms with E-state index < -0.39 is 0 Å². The van der Waals surface area contributed by atoms with Crippen molar-refractivity contribution in [2.75, 3.05) is 13.2 Å². The van der Waals surface area contributed by atoms with Crippen molar-refractivity contribution in [2.24, 2.45) is 5.41 Å². The van der Waals surface area contributed by atoms with Crippen molar-refractivity contribution in [1.82, 2.24) is 9.69 Å². The summed E-state index contributed by atoms with van der Waals surface area (Å²) in [6, 6.07) is 2.47. The van der Waals surface area contributed by atoms with Crippen molar-refractivity contribution in [3.63, 3.8) is 0 Å². The maximum absolute atomic E-state index is 6.21. The first-order valence-electron chi connectivity index (χ1n) is 6.39. The van der Waals surface area contributed by atoms with E-state index >= 15 is 0 Å². The molecule has 0 bridgehead atoms. The van der Waals surface area contributed by atoms with Crippen LogP contribution in [0.15, 0.2) is 12.3 Å². The van der Waals surface area contributed by atoms with E-state index in [0.29, 0.717) is 11.5 Å². The van der Waals surface area contributed by atoms with E-state index in [1.54, 1.807) is 11.5 Å². The standard InChI is InChI=1S/C13H20N2OS/c1-12(2)4-5-13(9-12)11(14-7-8-16-13)10-3-6-15-17-10/h3,6,11,14H,4-5,7-9H2,1-2H3. The Balaban J connectivity index is 1.91. The van der Waals surface area contributed by atoms with Crippen LogP contribution in [0.25, 0.3) is 0 Å². The smallest absolute Gasteiger partial charge is 0.0890 e. The average Bonchev–Trinajstić information content (AvgIpc) is 2.88. The van der Waals surface area contributed by atoms with Gasteiger partial charge in [-0.2, -0.15) is 0 Å². The highest BCUT2D eigenvalue weighted by Gasteiger charge is 2.51. The van der Waals surface area contributed by atoms with Gasteiger partial charge in [0.15, 0.2) is 0 Å². The van der Waals surface area contributed by atoms with Gasteiger partial charge < -0.3 is 10.1 Å². The maximum atomic E-state index is 6.21. The zero-order valence-electron chi connectivity index (χ0n) is 10.5. The quantitative estimate of drug-likeness (QED) is 0.834. The molecule has 1 saturated heterocycles. The molecule has 3 rings (SSSR count). The Hall–Kier alpha value is -0.450. The predicted octanol–water partition coefficient (Wildman–Crippen LogP) is 2.75. The summed E-state index contributed by atoms with van der Waals surface area (Å²) in [7, 11) is 0. The van der Waals surface area contributed by atoms with Crippen molar-refractivity contribution in [3.05, 3.63) is 17.1 Å². The van der Waals surface area contributed by atoms with Gasteiger partial charge in [-0.3, -0.25) is 0 Å². The van der Waals surface area contributed by atoms with E-state index in [1.807, 2.05) is 6.20 Å². The van der Waals surface area contributed by atoms with Crippen LogP contribution in [0, 0.1) is 5.41 Å².